The molecule has 0 radical (unpaired) electrons. The number of hydrogen-bond acceptors (Lipinski definition) is 10. The van der Waals surface area contributed by atoms with Gasteiger partial charge >= 0.3 is 0 Å². The lowest BCUT2D eigenvalue weighted by molar-refractivity contribution is 0.434. The Kier molecular flexibility index (Phi) is 7.80. The molecule has 0 fully saturated rings. The van der Waals surface area contributed by atoms with Crippen molar-refractivity contribution in [1.82, 2.24) is 13.1 Å². The number of nitrogens with zero attached hydrogens (tertiary/aromatic N) is 3. The Hall–Kier alpha value is -2.15. The van der Waals surface area contributed by atoms with Crippen molar-refractivity contribution in [2.75, 3.05) is 23.7 Å². The highest BCUT2D eigenvalue weighted by molar-refractivity contribution is 7.91. The Balaban J connectivity index is 1.81. The molecule has 3 rings (SSSR count). The van der Waals surface area contributed by atoms with Crippen LogP contribution in [0.5, 0.6) is 5.75 Å². The quantitative estimate of drug-likeness (QED) is 0.322. The Morgan fingerprint density at radius 3 is 2.47 bits per heavy atom. The summed E-state index contributed by atoms with van der Waals surface area (Å²) < 4.78 is 41.1. The van der Waals surface area contributed by atoms with E-state index in [4.69, 9.17) is 4.42 Å². The van der Waals surface area contributed by atoms with Crippen LogP contribution in [0.25, 0.3) is 0 Å². The van der Waals surface area contributed by atoms with E-state index in [1.807, 2.05) is 13.0 Å². The molecule has 0 amide bonds. The maximum Gasteiger partial charge on any atom is 0.256 e. The molecule has 0 aliphatic rings. The first-order valence-electron chi connectivity index (χ1n) is 10.5. The summed E-state index contributed by atoms with van der Waals surface area (Å²) in [6.45, 7) is 10.4. The average molecular weight is 500 g/mol. The highest BCUT2D eigenvalue weighted by atomic mass is 32.2. The van der Waals surface area contributed by atoms with Crippen molar-refractivity contribution in [3.8, 4) is 5.75 Å². The van der Waals surface area contributed by atoms with Crippen molar-refractivity contribution >= 4 is 50.4 Å². The maximum absolute atomic E-state index is 12.8. The molecule has 0 bridgehead atoms. The molecule has 176 valence electrons. The fourth-order valence-electron chi connectivity index (χ4n) is 3.17. The number of sulfonamides is 1. The molecule has 0 saturated carbocycles. The van der Waals surface area contributed by atoms with Gasteiger partial charge in [0.05, 0.1) is 29.7 Å². The van der Waals surface area contributed by atoms with Gasteiger partial charge in [-0.3, -0.25) is 0 Å². The number of aromatic nitrogens is 2. The molecule has 3 aromatic heterocycles. The van der Waals surface area contributed by atoms with Gasteiger partial charge in [-0.25, -0.2) is 8.42 Å². The predicted octanol–water partition coefficient (Wildman–Crippen LogP) is 5.36. The van der Waals surface area contributed by atoms with Gasteiger partial charge < -0.3 is 20.2 Å². The molecule has 32 heavy (non-hydrogen) atoms. The molecule has 12 heteroatoms. The Bertz CT molecular complexity index is 1130. The van der Waals surface area contributed by atoms with Crippen LogP contribution in [0.1, 0.15) is 64.3 Å². The molecule has 0 spiro atoms. The second-order valence-corrected chi connectivity index (χ2v) is 11.0. The number of thiophene rings is 1. The van der Waals surface area contributed by atoms with Crippen molar-refractivity contribution in [3.05, 3.63) is 29.0 Å². The van der Waals surface area contributed by atoms with E-state index in [1.54, 1.807) is 25.5 Å². The first kappa shape index (κ1) is 24.5. The van der Waals surface area contributed by atoms with Gasteiger partial charge in [-0.2, -0.15) is 13.1 Å². The lowest BCUT2D eigenvalue weighted by Crippen LogP contribution is -2.30. The first-order chi connectivity index (χ1) is 15.2. The van der Waals surface area contributed by atoms with Crippen LogP contribution in [-0.4, -0.2) is 39.7 Å². The molecule has 3 aromatic rings. The van der Waals surface area contributed by atoms with Gasteiger partial charge in [-0.1, -0.05) is 34.6 Å². The molecule has 0 saturated heterocycles. The van der Waals surface area contributed by atoms with E-state index in [1.165, 1.54) is 4.31 Å². The molecule has 0 aromatic carbocycles. The van der Waals surface area contributed by atoms with E-state index >= 15 is 0 Å². The molecular weight excluding hydrogens is 470 g/mol. The number of rotatable bonds is 11. The molecule has 3 heterocycles. The fraction of sp³-hybridized carbons (Fsp3) is 0.500. The first-order valence-corrected chi connectivity index (χ1v) is 13.5. The van der Waals surface area contributed by atoms with Crippen LogP contribution < -0.4 is 10.6 Å². The van der Waals surface area contributed by atoms with E-state index in [0.29, 0.717) is 30.6 Å². The second-order valence-electron chi connectivity index (χ2n) is 7.50. The highest BCUT2D eigenvalue weighted by Gasteiger charge is 2.29. The van der Waals surface area contributed by atoms with Crippen LogP contribution in [0.3, 0.4) is 0 Å². The lowest BCUT2D eigenvalue weighted by Gasteiger charge is -2.17. The number of furan rings is 1. The zero-order valence-electron chi connectivity index (χ0n) is 18.7. The van der Waals surface area contributed by atoms with Crippen molar-refractivity contribution in [1.29, 1.82) is 0 Å². The second kappa shape index (κ2) is 10.2. The molecule has 9 nitrogen and oxygen atoms in total. The summed E-state index contributed by atoms with van der Waals surface area (Å²) in [5.41, 5.74) is 1.39. The van der Waals surface area contributed by atoms with Gasteiger partial charge in [0.25, 0.3) is 10.0 Å². The molecule has 3 N–H and O–H groups in total. The Morgan fingerprint density at radius 2 is 1.88 bits per heavy atom. The van der Waals surface area contributed by atoms with E-state index in [-0.39, 0.29) is 21.7 Å². The SMILES string of the molecule is CC[C@@H](Nc1nsnc1Nc1csc(S(=O)(=O)N(CC)CC)c1O)c1cc(C(C)C)co1. The summed E-state index contributed by atoms with van der Waals surface area (Å²) in [5.74, 6) is 1.76. The fourth-order valence-corrected chi connectivity index (χ4v) is 6.48. The summed E-state index contributed by atoms with van der Waals surface area (Å²) >= 11 is 1.98. The number of hydrogen-bond donors (Lipinski definition) is 3. The van der Waals surface area contributed by atoms with Crippen LogP contribution in [0.4, 0.5) is 17.3 Å². The van der Waals surface area contributed by atoms with Crippen LogP contribution in [0.2, 0.25) is 0 Å². The van der Waals surface area contributed by atoms with E-state index in [0.717, 1.165) is 40.8 Å². The third-order valence-electron chi connectivity index (χ3n) is 5.12. The normalized spacial score (nSPS) is 13.1. The number of anilines is 3. The minimum Gasteiger partial charge on any atom is -0.504 e. The molecular formula is C20H29N5O4S3. The van der Waals surface area contributed by atoms with E-state index in [2.05, 4.69) is 33.2 Å². The Labute approximate surface area is 196 Å². The third-order valence-corrected chi connectivity index (χ3v) is 9.19. The predicted molar refractivity (Wildman–Crippen MR) is 129 cm³/mol. The lowest BCUT2D eigenvalue weighted by atomic mass is 10.1. The summed E-state index contributed by atoms with van der Waals surface area (Å²) in [6, 6.07) is 1.93. The van der Waals surface area contributed by atoms with Crippen LogP contribution in [0.15, 0.2) is 26.3 Å². The topological polar surface area (TPSA) is 121 Å². The monoisotopic (exact) mass is 499 g/mol. The van der Waals surface area contributed by atoms with Gasteiger partial charge in [-0.15, -0.1) is 11.3 Å². The Morgan fingerprint density at radius 1 is 1.19 bits per heavy atom. The van der Waals surface area contributed by atoms with Gasteiger partial charge in [0.15, 0.2) is 21.6 Å². The standard InChI is InChI=1S/C20H29N5O4S3/c1-6-14(16-9-13(10-29-16)12(4)5)21-18-19(24-31-23-18)22-15-11-30-20(17(15)26)32(27,28)25(7-2)8-3/h9-12,14,26H,6-8H2,1-5H3,(H,21,23)(H,22,24)/t14-/m1/s1. The van der Waals surface area contributed by atoms with Gasteiger partial charge in [0, 0.05) is 18.5 Å². The third kappa shape index (κ3) is 4.92. The number of aromatic hydroxyl groups is 1. The van der Waals surface area contributed by atoms with E-state index < -0.39 is 10.0 Å². The molecule has 0 aliphatic heterocycles. The molecule has 0 unspecified atom stereocenters. The van der Waals surface area contributed by atoms with Crippen molar-refractivity contribution in [3.63, 3.8) is 0 Å². The minimum atomic E-state index is -3.76. The van der Waals surface area contributed by atoms with Crippen LogP contribution >= 0.6 is 23.1 Å². The molecule has 1 atom stereocenters. The smallest absolute Gasteiger partial charge is 0.256 e. The highest BCUT2D eigenvalue weighted by Crippen LogP contribution is 2.41. The summed E-state index contributed by atoms with van der Waals surface area (Å²) in [5, 5.41) is 18.5. The maximum atomic E-state index is 12.8. The summed E-state index contributed by atoms with van der Waals surface area (Å²) in [4.78, 5) is 0. The van der Waals surface area contributed by atoms with Gasteiger partial charge in [0.2, 0.25) is 0 Å². The molecule has 0 aliphatic carbocycles. The van der Waals surface area contributed by atoms with E-state index in [9.17, 15) is 13.5 Å². The van der Waals surface area contributed by atoms with Crippen molar-refractivity contribution in [2.24, 2.45) is 0 Å². The van der Waals surface area contributed by atoms with Crippen LogP contribution in [0, 0.1) is 0 Å². The van der Waals surface area contributed by atoms with Crippen LogP contribution in [-0.2, 0) is 10.0 Å². The zero-order valence-corrected chi connectivity index (χ0v) is 21.2. The van der Waals surface area contributed by atoms with Crippen molar-refractivity contribution < 1.29 is 17.9 Å². The summed E-state index contributed by atoms with van der Waals surface area (Å²) in [7, 11) is -3.76. The largest absolute Gasteiger partial charge is 0.504 e. The number of nitrogens with one attached hydrogen (secondary N) is 2. The van der Waals surface area contributed by atoms with Crippen molar-refractivity contribution in [2.45, 2.75) is 57.2 Å². The zero-order chi connectivity index (χ0) is 23.5. The van der Waals surface area contributed by atoms with Gasteiger partial charge in [-0.05, 0) is 24.0 Å². The average Bonchev–Trinajstić information content (AvgIpc) is 3.48. The minimum absolute atomic E-state index is 0.0929. The van der Waals surface area contributed by atoms with Gasteiger partial charge in [0.1, 0.15) is 5.76 Å². The summed E-state index contributed by atoms with van der Waals surface area (Å²) in [6.07, 6.45) is 2.53.